The molecule has 0 aliphatic rings. The Labute approximate surface area is 113 Å². The molecule has 0 radical (unpaired) electrons. The van der Waals surface area contributed by atoms with Crippen LogP contribution in [0.15, 0.2) is 30.3 Å². The predicted molar refractivity (Wildman–Crippen MR) is 81.4 cm³/mol. The highest BCUT2D eigenvalue weighted by Crippen LogP contribution is 2.27. The highest BCUT2D eigenvalue weighted by molar-refractivity contribution is 6.69. The van der Waals surface area contributed by atoms with Crippen LogP contribution in [0.4, 0.5) is 0 Å². The molecule has 0 aliphatic carbocycles. The van der Waals surface area contributed by atoms with Crippen LogP contribution in [0, 0.1) is 0 Å². The zero-order valence-corrected chi connectivity index (χ0v) is 13.6. The van der Waals surface area contributed by atoms with E-state index in [1.165, 1.54) is 5.56 Å². The van der Waals surface area contributed by atoms with E-state index in [4.69, 9.17) is 4.43 Å². The lowest BCUT2D eigenvalue weighted by Gasteiger charge is -2.35. The summed E-state index contributed by atoms with van der Waals surface area (Å²) >= 11 is 0. The van der Waals surface area contributed by atoms with E-state index in [0.717, 1.165) is 6.54 Å². The normalized spacial score (nSPS) is 15.7. The highest BCUT2D eigenvalue weighted by atomic mass is 28.4. The van der Waals surface area contributed by atoms with Gasteiger partial charge in [0.1, 0.15) is 0 Å². The molecule has 0 aromatic heterocycles. The van der Waals surface area contributed by atoms with Gasteiger partial charge in [0.05, 0.1) is 6.10 Å². The fraction of sp³-hybridized carbons (Fsp3) is 0.600. The molecule has 0 fully saturated rings. The summed E-state index contributed by atoms with van der Waals surface area (Å²) in [6, 6.07) is 11.0. The molecule has 0 aliphatic heterocycles. The molecule has 0 bridgehead atoms. The van der Waals surface area contributed by atoms with Crippen molar-refractivity contribution >= 4 is 8.32 Å². The first kappa shape index (κ1) is 15.4. The third kappa shape index (κ3) is 4.56. The van der Waals surface area contributed by atoms with E-state index in [1.54, 1.807) is 0 Å². The highest BCUT2D eigenvalue weighted by Gasteiger charge is 2.28. The molecular weight excluding hydrogens is 238 g/mol. The van der Waals surface area contributed by atoms with E-state index in [0.29, 0.717) is 6.04 Å². The largest absolute Gasteiger partial charge is 0.409 e. The third-order valence-electron chi connectivity index (χ3n) is 3.24. The molecule has 0 saturated carbocycles. The fourth-order valence-corrected chi connectivity index (χ4v) is 3.08. The van der Waals surface area contributed by atoms with Crippen molar-refractivity contribution in [1.29, 1.82) is 0 Å². The topological polar surface area (TPSA) is 12.5 Å². The van der Waals surface area contributed by atoms with Gasteiger partial charge in [-0.3, -0.25) is 0 Å². The minimum Gasteiger partial charge on any atom is -0.409 e. The second-order valence-corrected chi connectivity index (χ2v) is 10.3. The van der Waals surface area contributed by atoms with Gasteiger partial charge < -0.3 is 9.33 Å². The molecule has 102 valence electrons. The Morgan fingerprint density at radius 2 is 1.72 bits per heavy atom. The van der Waals surface area contributed by atoms with Crippen LogP contribution in [-0.4, -0.2) is 32.9 Å². The first-order chi connectivity index (χ1) is 8.35. The van der Waals surface area contributed by atoms with Crippen LogP contribution in [-0.2, 0) is 4.43 Å². The molecule has 3 heteroatoms. The lowest BCUT2D eigenvalue weighted by Crippen LogP contribution is -2.40. The van der Waals surface area contributed by atoms with E-state index < -0.39 is 8.32 Å². The molecule has 0 amide bonds. The van der Waals surface area contributed by atoms with Crippen LogP contribution in [0.5, 0.6) is 0 Å². The lowest BCUT2D eigenvalue weighted by molar-refractivity contribution is 0.0898. The number of hydrogen-bond acceptors (Lipinski definition) is 2. The molecule has 0 N–H and O–H groups in total. The smallest absolute Gasteiger partial charge is 0.184 e. The van der Waals surface area contributed by atoms with E-state index >= 15 is 0 Å². The molecule has 1 rings (SSSR count). The van der Waals surface area contributed by atoms with Crippen LogP contribution in [0.2, 0.25) is 19.6 Å². The lowest BCUT2D eigenvalue weighted by atomic mass is 10.0. The summed E-state index contributed by atoms with van der Waals surface area (Å²) in [6.07, 6.45) is 0.169. The summed E-state index contributed by atoms with van der Waals surface area (Å²) in [7, 11) is 0.610. The average Bonchev–Trinajstić information content (AvgIpc) is 2.34. The molecule has 2 atom stereocenters. The zero-order valence-electron chi connectivity index (χ0n) is 12.6. The van der Waals surface area contributed by atoms with Crippen molar-refractivity contribution < 1.29 is 4.43 Å². The van der Waals surface area contributed by atoms with E-state index in [9.17, 15) is 0 Å². The van der Waals surface area contributed by atoms with Gasteiger partial charge in [0.2, 0.25) is 0 Å². The third-order valence-corrected chi connectivity index (χ3v) is 4.20. The van der Waals surface area contributed by atoms with Crippen molar-refractivity contribution in [2.24, 2.45) is 0 Å². The summed E-state index contributed by atoms with van der Waals surface area (Å²) in [6.45, 7) is 12.2. The molecule has 0 heterocycles. The number of benzene rings is 1. The Morgan fingerprint density at radius 1 is 1.17 bits per heavy atom. The predicted octanol–water partition coefficient (Wildman–Crippen LogP) is 3.92. The number of likely N-dealkylation sites (N-methyl/N-ethyl adjacent to an activating group) is 1. The second-order valence-electron chi connectivity index (χ2n) is 5.88. The van der Waals surface area contributed by atoms with Crippen LogP contribution < -0.4 is 0 Å². The van der Waals surface area contributed by atoms with Crippen LogP contribution in [0.1, 0.15) is 25.5 Å². The summed E-state index contributed by atoms with van der Waals surface area (Å²) in [5, 5.41) is 0. The molecule has 0 saturated heterocycles. The van der Waals surface area contributed by atoms with Gasteiger partial charge in [-0.15, -0.1) is 0 Å². The first-order valence-electron chi connectivity index (χ1n) is 6.78. The first-order valence-corrected chi connectivity index (χ1v) is 10.2. The van der Waals surface area contributed by atoms with E-state index in [-0.39, 0.29) is 6.10 Å². The number of hydrogen-bond donors (Lipinski definition) is 0. The van der Waals surface area contributed by atoms with Gasteiger partial charge in [-0.2, -0.15) is 0 Å². The van der Waals surface area contributed by atoms with Crippen LogP contribution in [0.3, 0.4) is 0 Å². The average molecular weight is 265 g/mol. The van der Waals surface area contributed by atoms with E-state index in [2.05, 4.69) is 75.8 Å². The van der Waals surface area contributed by atoms with Crippen molar-refractivity contribution in [3.63, 3.8) is 0 Å². The van der Waals surface area contributed by atoms with Gasteiger partial charge in [-0.25, -0.2) is 0 Å². The Balaban J connectivity index is 2.96. The standard InChI is InChI=1S/C15H27NOSi/c1-7-16(3)13(2)15(17-18(4,5)6)14-11-9-8-10-12-14/h8-13,15H,7H2,1-6H3. The van der Waals surface area contributed by atoms with Crippen molar-refractivity contribution in [3.05, 3.63) is 35.9 Å². The monoisotopic (exact) mass is 265 g/mol. The summed E-state index contributed by atoms with van der Waals surface area (Å²) in [4.78, 5) is 2.35. The Hall–Kier alpha value is -0.643. The molecular formula is C15H27NOSi. The fourth-order valence-electron chi connectivity index (χ4n) is 1.99. The minimum atomic E-state index is -1.55. The Kier molecular flexibility index (Phi) is 5.57. The van der Waals surface area contributed by atoms with Gasteiger partial charge in [0.25, 0.3) is 0 Å². The second kappa shape index (κ2) is 6.50. The number of rotatable bonds is 6. The summed E-state index contributed by atoms with van der Waals surface area (Å²) in [5.41, 5.74) is 1.28. The quantitative estimate of drug-likeness (QED) is 0.723. The van der Waals surface area contributed by atoms with Crippen molar-refractivity contribution in [2.75, 3.05) is 13.6 Å². The van der Waals surface area contributed by atoms with Gasteiger partial charge in [-0.1, -0.05) is 37.3 Å². The molecule has 0 spiro atoms. The maximum absolute atomic E-state index is 6.41. The minimum absolute atomic E-state index is 0.169. The van der Waals surface area contributed by atoms with Crippen LogP contribution >= 0.6 is 0 Å². The summed E-state index contributed by atoms with van der Waals surface area (Å²) in [5.74, 6) is 0. The molecule has 2 unspecified atom stereocenters. The maximum atomic E-state index is 6.41. The van der Waals surface area contributed by atoms with E-state index in [1.807, 2.05) is 0 Å². The van der Waals surface area contributed by atoms with Crippen molar-refractivity contribution in [2.45, 2.75) is 45.6 Å². The zero-order chi connectivity index (χ0) is 13.8. The SMILES string of the molecule is CCN(C)C(C)C(O[Si](C)(C)C)c1ccccc1. The Bertz CT molecular complexity index is 347. The molecule has 2 nitrogen and oxygen atoms in total. The van der Waals surface area contributed by atoms with Crippen LogP contribution in [0.25, 0.3) is 0 Å². The van der Waals surface area contributed by atoms with Gasteiger partial charge in [0.15, 0.2) is 8.32 Å². The van der Waals surface area contributed by atoms with Gasteiger partial charge >= 0.3 is 0 Å². The van der Waals surface area contributed by atoms with Gasteiger partial charge in [0, 0.05) is 6.04 Å². The Morgan fingerprint density at radius 3 is 2.17 bits per heavy atom. The van der Waals surface area contributed by atoms with Crippen molar-refractivity contribution in [3.8, 4) is 0 Å². The number of nitrogens with zero attached hydrogens (tertiary/aromatic N) is 1. The molecule has 18 heavy (non-hydrogen) atoms. The summed E-state index contributed by atoms with van der Waals surface area (Å²) < 4.78 is 6.41. The molecule has 1 aromatic carbocycles. The van der Waals surface area contributed by atoms with Gasteiger partial charge in [-0.05, 0) is 45.7 Å². The van der Waals surface area contributed by atoms with Crippen molar-refractivity contribution in [1.82, 2.24) is 4.90 Å². The molecule has 1 aromatic rings. The maximum Gasteiger partial charge on any atom is 0.184 e.